The molecule has 0 spiro atoms. The molecule has 3 rings (SSSR count). The summed E-state index contributed by atoms with van der Waals surface area (Å²) in [5.41, 5.74) is -0.173. The molecule has 1 amide bonds. The lowest BCUT2D eigenvalue weighted by Crippen LogP contribution is -2.32. The molecule has 1 N–H and O–H groups in total. The Balaban J connectivity index is 1.82. The van der Waals surface area contributed by atoms with Crippen LogP contribution in [0.1, 0.15) is 36.0 Å². The van der Waals surface area contributed by atoms with E-state index >= 15 is 0 Å². The van der Waals surface area contributed by atoms with Crippen LogP contribution in [0.25, 0.3) is 0 Å². The number of carbonyl (C=O) groups excluding carboxylic acids is 1. The second-order valence-electron chi connectivity index (χ2n) is 6.84. The number of hydrogen-bond acceptors (Lipinski definition) is 4. The summed E-state index contributed by atoms with van der Waals surface area (Å²) in [6.07, 6.45) is -1.44. The number of amides is 1. The van der Waals surface area contributed by atoms with Crippen molar-refractivity contribution >= 4 is 21.6 Å². The average molecular weight is 442 g/mol. The van der Waals surface area contributed by atoms with E-state index in [0.717, 1.165) is 31.7 Å². The van der Waals surface area contributed by atoms with Gasteiger partial charge in [0.2, 0.25) is 10.0 Å². The number of sulfonamides is 1. The fraction of sp³-hybridized carbons (Fsp3) is 0.350. The number of ether oxygens (including phenoxy) is 1. The zero-order valence-electron chi connectivity index (χ0n) is 16.0. The number of anilines is 1. The van der Waals surface area contributed by atoms with Gasteiger partial charge in [-0.05, 0) is 43.2 Å². The first-order chi connectivity index (χ1) is 14.2. The topological polar surface area (TPSA) is 75.7 Å². The molecule has 162 valence electrons. The molecule has 1 heterocycles. The van der Waals surface area contributed by atoms with Crippen LogP contribution in [-0.2, 0) is 10.0 Å². The maximum absolute atomic E-state index is 12.9. The fourth-order valence-electron chi connectivity index (χ4n) is 3.21. The van der Waals surface area contributed by atoms with Crippen LogP contribution in [-0.4, -0.2) is 38.1 Å². The van der Waals surface area contributed by atoms with Crippen molar-refractivity contribution in [1.82, 2.24) is 4.31 Å². The Bertz CT molecular complexity index is 1000. The van der Waals surface area contributed by atoms with Gasteiger partial charge in [-0.2, -0.15) is 4.31 Å². The summed E-state index contributed by atoms with van der Waals surface area (Å²) < 4.78 is 68.9. The third kappa shape index (κ3) is 5.51. The molecule has 10 heteroatoms. The van der Waals surface area contributed by atoms with Gasteiger partial charge in [0.05, 0.1) is 10.6 Å². The fourth-order valence-corrected chi connectivity index (χ4v) is 4.77. The molecule has 0 aliphatic carbocycles. The maximum atomic E-state index is 12.9. The van der Waals surface area contributed by atoms with Crippen molar-refractivity contribution in [2.75, 3.05) is 18.4 Å². The van der Waals surface area contributed by atoms with Crippen molar-refractivity contribution < 1.29 is 31.1 Å². The molecule has 1 aliphatic heterocycles. The molecular formula is C20H21F3N2O4S. The number of halogens is 3. The molecule has 2 aromatic carbocycles. The van der Waals surface area contributed by atoms with E-state index in [9.17, 15) is 26.4 Å². The van der Waals surface area contributed by atoms with Crippen LogP contribution in [0.4, 0.5) is 18.9 Å². The van der Waals surface area contributed by atoms with E-state index in [-0.39, 0.29) is 16.1 Å². The van der Waals surface area contributed by atoms with Gasteiger partial charge in [0.25, 0.3) is 5.91 Å². The SMILES string of the molecule is O=C(Nc1ccccc1OC(F)(F)F)c1cccc(S(=O)(=O)N2CCCCCC2)c1. The Labute approximate surface area is 172 Å². The van der Waals surface area contributed by atoms with Crippen LogP contribution in [0, 0.1) is 0 Å². The molecule has 0 saturated carbocycles. The third-order valence-electron chi connectivity index (χ3n) is 4.66. The highest BCUT2D eigenvalue weighted by Gasteiger charge is 2.32. The number of rotatable bonds is 5. The van der Waals surface area contributed by atoms with Gasteiger partial charge >= 0.3 is 6.36 Å². The van der Waals surface area contributed by atoms with E-state index in [1.165, 1.54) is 46.8 Å². The van der Waals surface area contributed by atoms with Crippen LogP contribution in [0.2, 0.25) is 0 Å². The molecular weight excluding hydrogens is 421 g/mol. The van der Waals surface area contributed by atoms with Crippen molar-refractivity contribution in [1.29, 1.82) is 0 Å². The third-order valence-corrected chi connectivity index (χ3v) is 6.55. The summed E-state index contributed by atoms with van der Waals surface area (Å²) in [5.74, 6) is -1.31. The van der Waals surface area contributed by atoms with Gasteiger partial charge in [-0.3, -0.25) is 4.79 Å². The standard InChI is InChI=1S/C20H21F3N2O4S/c21-20(22,23)29-18-11-4-3-10-17(18)24-19(26)15-8-7-9-16(14-15)30(27,28)25-12-5-1-2-6-13-25/h3-4,7-11,14H,1-2,5-6,12-13H2,(H,24,26). The molecule has 0 aromatic heterocycles. The first kappa shape index (κ1) is 22.1. The molecule has 6 nitrogen and oxygen atoms in total. The summed E-state index contributed by atoms with van der Waals surface area (Å²) in [7, 11) is -3.77. The van der Waals surface area contributed by atoms with Gasteiger partial charge in [0.15, 0.2) is 5.75 Å². The Morgan fingerprint density at radius 3 is 2.30 bits per heavy atom. The lowest BCUT2D eigenvalue weighted by molar-refractivity contribution is -0.274. The maximum Gasteiger partial charge on any atom is 0.573 e. The largest absolute Gasteiger partial charge is 0.573 e. The number of nitrogens with one attached hydrogen (secondary N) is 1. The minimum atomic E-state index is -4.91. The molecule has 0 radical (unpaired) electrons. The quantitative estimate of drug-likeness (QED) is 0.745. The highest BCUT2D eigenvalue weighted by molar-refractivity contribution is 7.89. The second-order valence-corrected chi connectivity index (χ2v) is 8.78. The molecule has 2 aromatic rings. The van der Waals surface area contributed by atoms with Crippen molar-refractivity contribution in [2.24, 2.45) is 0 Å². The molecule has 30 heavy (non-hydrogen) atoms. The lowest BCUT2D eigenvalue weighted by Gasteiger charge is -2.20. The molecule has 0 bridgehead atoms. The minimum absolute atomic E-state index is 0.00714. The number of hydrogen-bond donors (Lipinski definition) is 1. The highest BCUT2D eigenvalue weighted by atomic mass is 32.2. The molecule has 1 aliphatic rings. The number of nitrogens with zero attached hydrogens (tertiary/aromatic N) is 1. The molecule has 1 fully saturated rings. The van der Waals surface area contributed by atoms with Crippen molar-refractivity contribution in [3.05, 3.63) is 54.1 Å². The summed E-state index contributed by atoms with van der Waals surface area (Å²) in [6.45, 7) is 0.835. The van der Waals surface area contributed by atoms with Crippen molar-refractivity contribution in [3.8, 4) is 5.75 Å². The normalized spacial score (nSPS) is 16.0. The Kier molecular flexibility index (Phi) is 6.67. The number of para-hydroxylation sites is 2. The Hall–Kier alpha value is -2.59. The molecule has 0 unspecified atom stereocenters. The second kappa shape index (κ2) is 9.05. The van der Waals surface area contributed by atoms with Gasteiger partial charge in [-0.15, -0.1) is 13.2 Å². The van der Waals surface area contributed by atoms with E-state index in [1.807, 2.05) is 0 Å². The van der Waals surface area contributed by atoms with Gasteiger partial charge in [-0.25, -0.2) is 8.42 Å². The Morgan fingerprint density at radius 1 is 0.967 bits per heavy atom. The Morgan fingerprint density at radius 2 is 1.63 bits per heavy atom. The first-order valence-corrected chi connectivity index (χ1v) is 10.9. The number of benzene rings is 2. The molecule has 0 atom stereocenters. The highest BCUT2D eigenvalue weighted by Crippen LogP contribution is 2.30. The van der Waals surface area contributed by atoms with E-state index in [2.05, 4.69) is 10.1 Å². The van der Waals surface area contributed by atoms with Crippen LogP contribution in [0.3, 0.4) is 0 Å². The summed E-state index contributed by atoms with van der Waals surface area (Å²) in [4.78, 5) is 12.6. The number of alkyl halides is 3. The summed E-state index contributed by atoms with van der Waals surface area (Å²) in [5, 5.41) is 2.35. The summed E-state index contributed by atoms with van der Waals surface area (Å²) in [6, 6.07) is 10.6. The van der Waals surface area contributed by atoms with E-state index in [0.29, 0.717) is 13.1 Å². The predicted octanol–water partition coefficient (Wildman–Crippen LogP) is 4.40. The van der Waals surface area contributed by atoms with E-state index in [4.69, 9.17) is 0 Å². The van der Waals surface area contributed by atoms with Gasteiger partial charge < -0.3 is 10.1 Å². The predicted molar refractivity (Wildman–Crippen MR) is 105 cm³/mol. The van der Waals surface area contributed by atoms with Crippen LogP contribution in [0.5, 0.6) is 5.75 Å². The van der Waals surface area contributed by atoms with Crippen molar-refractivity contribution in [3.63, 3.8) is 0 Å². The van der Waals surface area contributed by atoms with Crippen molar-refractivity contribution in [2.45, 2.75) is 36.9 Å². The van der Waals surface area contributed by atoms with Gasteiger partial charge in [0.1, 0.15) is 0 Å². The van der Waals surface area contributed by atoms with E-state index < -0.39 is 28.0 Å². The molecule has 1 saturated heterocycles. The summed E-state index contributed by atoms with van der Waals surface area (Å²) >= 11 is 0. The zero-order chi connectivity index (χ0) is 21.8. The van der Waals surface area contributed by atoms with Crippen LogP contribution in [0.15, 0.2) is 53.4 Å². The van der Waals surface area contributed by atoms with E-state index in [1.54, 1.807) is 0 Å². The van der Waals surface area contributed by atoms with Crippen LogP contribution >= 0.6 is 0 Å². The van der Waals surface area contributed by atoms with Crippen LogP contribution < -0.4 is 10.1 Å². The average Bonchev–Trinajstić information content (AvgIpc) is 2.98. The monoisotopic (exact) mass is 442 g/mol. The van der Waals surface area contributed by atoms with Gasteiger partial charge in [0, 0.05) is 18.7 Å². The smallest absolute Gasteiger partial charge is 0.404 e. The lowest BCUT2D eigenvalue weighted by atomic mass is 10.2. The number of carbonyl (C=O) groups is 1. The van der Waals surface area contributed by atoms with Gasteiger partial charge in [-0.1, -0.05) is 31.0 Å². The first-order valence-electron chi connectivity index (χ1n) is 9.43. The zero-order valence-corrected chi connectivity index (χ0v) is 16.8. The minimum Gasteiger partial charge on any atom is -0.404 e.